The summed E-state index contributed by atoms with van der Waals surface area (Å²) < 4.78 is 18.7. The van der Waals surface area contributed by atoms with Crippen molar-refractivity contribution < 1.29 is 24.1 Å². The summed E-state index contributed by atoms with van der Waals surface area (Å²) in [5.74, 6) is -1.63. The number of carbonyl (C=O) groups is 1. The zero-order valence-corrected chi connectivity index (χ0v) is 19.7. The van der Waals surface area contributed by atoms with E-state index in [4.69, 9.17) is 14.2 Å². The van der Waals surface area contributed by atoms with Crippen LogP contribution in [0.3, 0.4) is 0 Å². The Morgan fingerprint density at radius 3 is 2.03 bits per heavy atom. The molecule has 0 bridgehead atoms. The molecule has 0 radical (unpaired) electrons. The number of carbonyl (C=O) groups excluding carboxylic acids is 1. The second-order valence-electron chi connectivity index (χ2n) is 12.3. The lowest BCUT2D eigenvalue weighted by Gasteiger charge is -2.63. The summed E-state index contributed by atoms with van der Waals surface area (Å²) in [4.78, 5) is 13.7. The first-order valence-electron chi connectivity index (χ1n) is 10.8. The van der Waals surface area contributed by atoms with Gasteiger partial charge in [0.05, 0.1) is 23.5 Å². The number of ether oxygens (including phenoxy) is 3. The summed E-state index contributed by atoms with van der Waals surface area (Å²) in [7, 11) is 1.46. The van der Waals surface area contributed by atoms with Gasteiger partial charge in [0, 0.05) is 5.92 Å². The Balaban J connectivity index is 1.92. The normalized spacial score (nSPS) is 56.2. The predicted molar refractivity (Wildman–Crippen MR) is 108 cm³/mol. The molecule has 3 aliphatic carbocycles. The molecule has 1 N–H and O–H groups in total. The van der Waals surface area contributed by atoms with Gasteiger partial charge in [0.2, 0.25) is 0 Å². The quantitative estimate of drug-likeness (QED) is 0.409. The zero-order valence-electron chi connectivity index (χ0n) is 19.7. The van der Waals surface area contributed by atoms with Gasteiger partial charge in [0.1, 0.15) is 11.2 Å². The number of aliphatic hydroxyl groups is 1. The predicted octanol–water partition coefficient (Wildman–Crippen LogP) is 3.84. The first-order valence-corrected chi connectivity index (χ1v) is 10.8. The number of hydrogen-bond donors (Lipinski definition) is 1. The van der Waals surface area contributed by atoms with Crippen LogP contribution in [-0.2, 0) is 19.0 Å². The molecule has 7 unspecified atom stereocenters. The van der Waals surface area contributed by atoms with Gasteiger partial charge in [-0.3, -0.25) is 4.79 Å². The van der Waals surface area contributed by atoms with Crippen LogP contribution in [0.2, 0.25) is 0 Å². The lowest BCUT2D eigenvalue weighted by atomic mass is 9.37. The van der Waals surface area contributed by atoms with Crippen LogP contribution in [0.1, 0.15) is 69.2 Å². The topological polar surface area (TPSA) is 68.3 Å². The number of rotatable bonds is 1. The molecule has 5 fully saturated rings. The Kier molecular flexibility index (Phi) is 3.00. The molecule has 2 saturated heterocycles. The molecule has 5 heteroatoms. The molecule has 3 saturated carbocycles. The number of epoxide rings is 1. The lowest BCUT2D eigenvalue weighted by molar-refractivity contribution is -0.238. The van der Waals surface area contributed by atoms with Gasteiger partial charge in [0.25, 0.3) is 0 Å². The second-order valence-corrected chi connectivity index (χ2v) is 12.3. The minimum atomic E-state index is -1.51. The van der Waals surface area contributed by atoms with Gasteiger partial charge in [-0.25, -0.2) is 0 Å². The second kappa shape index (κ2) is 4.35. The van der Waals surface area contributed by atoms with Crippen molar-refractivity contribution in [2.75, 3.05) is 7.11 Å². The molecular formula is C24H36O5. The molecule has 5 rings (SSSR count). The van der Waals surface area contributed by atoms with Crippen molar-refractivity contribution in [3.63, 3.8) is 0 Å². The van der Waals surface area contributed by atoms with Crippen LogP contribution >= 0.6 is 0 Å². The minimum absolute atomic E-state index is 0.00644. The van der Waals surface area contributed by atoms with Crippen molar-refractivity contribution in [3.05, 3.63) is 11.1 Å². The van der Waals surface area contributed by atoms with E-state index in [-0.39, 0.29) is 23.2 Å². The monoisotopic (exact) mass is 404 g/mol. The van der Waals surface area contributed by atoms with Crippen molar-refractivity contribution >= 4 is 5.97 Å². The van der Waals surface area contributed by atoms with Gasteiger partial charge in [0.15, 0.2) is 5.79 Å². The van der Waals surface area contributed by atoms with Crippen molar-refractivity contribution in [1.29, 1.82) is 0 Å². The van der Waals surface area contributed by atoms with E-state index in [0.29, 0.717) is 0 Å². The first-order chi connectivity index (χ1) is 13.0. The number of allylic oxidation sites excluding steroid dienone is 1. The third-order valence-corrected chi connectivity index (χ3v) is 10.2. The molecule has 29 heavy (non-hydrogen) atoms. The van der Waals surface area contributed by atoms with Crippen LogP contribution in [0.25, 0.3) is 0 Å². The standard InChI is InChI=1S/C24H36O5/c1-12(2)13-14-15(17(13,3)4)22(16(25)27-11)18(5,6)23(22)21(10,26)28-19(7,8)24(23)20(14,9)29-24/h14-15,26H,1-11H3. The molecular weight excluding hydrogens is 368 g/mol. The maximum absolute atomic E-state index is 13.7. The van der Waals surface area contributed by atoms with E-state index in [1.165, 1.54) is 18.3 Å². The fraction of sp³-hybridized carbons (Fsp3) is 0.875. The minimum Gasteiger partial charge on any atom is -0.469 e. The van der Waals surface area contributed by atoms with Gasteiger partial charge in [-0.05, 0) is 58.3 Å². The first kappa shape index (κ1) is 20.0. The van der Waals surface area contributed by atoms with Crippen molar-refractivity contribution in [2.45, 2.75) is 91.8 Å². The van der Waals surface area contributed by atoms with E-state index in [1.54, 1.807) is 6.92 Å². The molecule has 0 aromatic rings. The number of fused-ring (bicyclic) bond motifs is 3. The Labute approximate surface area is 174 Å². The van der Waals surface area contributed by atoms with Crippen molar-refractivity contribution in [2.24, 2.45) is 33.5 Å². The van der Waals surface area contributed by atoms with Gasteiger partial charge in [-0.15, -0.1) is 0 Å². The maximum Gasteiger partial charge on any atom is 0.313 e. The van der Waals surface area contributed by atoms with Crippen LogP contribution in [-0.4, -0.2) is 40.8 Å². The molecule has 5 aliphatic rings. The summed E-state index contributed by atoms with van der Waals surface area (Å²) >= 11 is 0. The highest BCUT2D eigenvalue weighted by Gasteiger charge is 3.14. The van der Waals surface area contributed by atoms with E-state index in [2.05, 4.69) is 48.5 Å². The van der Waals surface area contributed by atoms with Gasteiger partial charge >= 0.3 is 5.97 Å². The lowest BCUT2D eigenvalue weighted by Crippen LogP contribution is -2.68. The SMILES string of the molecule is COC(=O)C12C3C(C(=C(C)C)C3(C)C)C3(C)OC34C(C)(C)OC(C)(O)C14C2(C)C. The van der Waals surface area contributed by atoms with Gasteiger partial charge in [-0.1, -0.05) is 38.8 Å². The molecule has 2 heterocycles. The largest absolute Gasteiger partial charge is 0.469 e. The molecule has 2 spiro atoms. The van der Waals surface area contributed by atoms with Crippen molar-refractivity contribution in [3.8, 4) is 0 Å². The summed E-state index contributed by atoms with van der Waals surface area (Å²) in [6, 6.07) is 0. The zero-order chi connectivity index (χ0) is 22.0. The van der Waals surface area contributed by atoms with Crippen LogP contribution in [0.15, 0.2) is 11.1 Å². The highest BCUT2D eigenvalue weighted by atomic mass is 16.7. The van der Waals surface area contributed by atoms with Crippen LogP contribution in [0.5, 0.6) is 0 Å². The van der Waals surface area contributed by atoms with E-state index >= 15 is 0 Å². The summed E-state index contributed by atoms with van der Waals surface area (Å²) in [6.45, 7) is 20.9. The molecule has 0 aromatic carbocycles. The Morgan fingerprint density at radius 1 is 1.00 bits per heavy atom. The third-order valence-electron chi connectivity index (χ3n) is 10.2. The highest BCUT2D eigenvalue weighted by Crippen LogP contribution is 3.03. The Hall–Kier alpha value is -0.910. The van der Waals surface area contributed by atoms with Gasteiger partial charge in [-0.2, -0.15) is 0 Å². The van der Waals surface area contributed by atoms with E-state index in [9.17, 15) is 9.90 Å². The average molecular weight is 405 g/mol. The molecule has 0 amide bonds. The molecule has 7 atom stereocenters. The smallest absolute Gasteiger partial charge is 0.313 e. The van der Waals surface area contributed by atoms with E-state index in [0.717, 1.165) is 0 Å². The van der Waals surface area contributed by atoms with Crippen LogP contribution in [0.4, 0.5) is 0 Å². The number of esters is 1. The summed E-state index contributed by atoms with van der Waals surface area (Å²) in [5.41, 5.74) is -1.82. The fourth-order valence-corrected chi connectivity index (χ4v) is 10.5. The van der Waals surface area contributed by atoms with Gasteiger partial charge < -0.3 is 19.3 Å². The molecule has 162 valence electrons. The van der Waals surface area contributed by atoms with Crippen LogP contribution < -0.4 is 0 Å². The summed E-state index contributed by atoms with van der Waals surface area (Å²) in [6.07, 6.45) is 0. The van der Waals surface area contributed by atoms with Crippen LogP contribution in [0, 0.1) is 33.5 Å². The molecule has 5 nitrogen and oxygen atoms in total. The third kappa shape index (κ3) is 1.31. The molecule has 2 aliphatic heterocycles. The Bertz CT molecular complexity index is 906. The summed E-state index contributed by atoms with van der Waals surface area (Å²) in [5, 5.41) is 11.8. The van der Waals surface area contributed by atoms with E-state index < -0.39 is 38.8 Å². The van der Waals surface area contributed by atoms with E-state index in [1.807, 2.05) is 13.8 Å². The molecule has 0 aromatic heterocycles. The Morgan fingerprint density at radius 2 is 1.55 bits per heavy atom. The maximum atomic E-state index is 13.7. The fourth-order valence-electron chi connectivity index (χ4n) is 10.5. The highest BCUT2D eigenvalue weighted by molar-refractivity contribution is 5.89. The average Bonchev–Trinajstić information content (AvgIpc) is 3.29. The van der Waals surface area contributed by atoms with Crippen molar-refractivity contribution in [1.82, 2.24) is 0 Å². The number of hydrogen-bond acceptors (Lipinski definition) is 5. The number of methoxy groups -OCH3 is 1.